The van der Waals surface area contributed by atoms with Gasteiger partial charge in [0.25, 0.3) is 0 Å². The summed E-state index contributed by atoms with van der Waals surface area (Å²) in [7, 11) is 0. The topological polar surface area (TPSA) is 37.3 Å². The van der Waals surface area contributed by atoms with Crippen molar-refractivity contribution in [3.63, 3.8) is 0 Å². The first-order chi connectivity index (χ1) is 2.77. The summed E-state index contributed by atoms with van der Waals surface area (Å²) < 4.78 is 10.8. The van der Waals surface area contributed by atoms with Crippen LogP contribution in [0.1, 0.15) is 0 Å². The first-order valence-electron chi connectivity index (χ1n) is 1.27. The normalized spacial score (nSPS) is 9.50. The second kappa shape index (κ2) is 2.38. The van der Waals surface area contributed by atoms with Crippen molar-refractivity contribution in [3.8, 4) is 0 Å². The van der Waals surface area contributed by atoms with Crippen molar-refractivity contribution in [3.05, 3.63) is 12.3 Å². The van der Waals surface area contributed by atoms with E-state index in [-0.39, 0.29) is 0 Å². The molecule has 0 fully saturated rings. The third-order valence-electron chi connectivity index (χ3n) is 0.206. The van der Waals surface area contributed by atoms with Crippen molar-refractivity contribution in [2.24, 2.45) is 0 Å². The molecule has 2 nitrogen and oxygen atoms in total. The van der Waals surface area contributed by atoms with E-state index in [9.17, 15) is 4.39 Å². The number of halogens is 1. The molecule has 0 aromatic heterocycles. The van der Waals surface area contributed by atoms with Crippen molar-refractivity contribution in [2.75, 3.05) is 0 Å². The summed E-state index contributed by atoms with van der Waals surface area (Å²) in [6, 6.07) is -1.64. The van der Waals surface area contributed by atoms with Crippen LogP contribution in [0.5, 0.6) is 0 Å². The Morgan fingerprint density at radius 3 is 2.33 bits per heavy atom. The van der Waals surface area contributed by atoms with Crippen LogP contribution < -0.4 is 0 Å². The third-order valence-corrected chi connectivity index (χ3v) is 0.206. The van der Waals surface area contributed by atoms with Gasteiger partial charge >= 0.3 is 6.04 Å². The minimum Gasteiger partial charge on any atom is -0.515 e. The Morgan fingerprint density at radius 1 is 1.83 bits per heavy atom. The Bertz CT molecular complexity index is 76.9. The van der Waals surface area contributed by atoms with Crippen LogP contribution in [-0.4, -0.2) is 11.1 Å². The van der Waals surface area contributed by atoms with Crippen molar-refractivity contribution in [2.45, 2.75) is 0 Å². The Hall–Kier alpha value is -0.860. The molecule has 3 heteroatoms. The minimum absolute atomic E-state index is 0.350. The molecule has 0 spiro atoms. The smallest absolute Gasteiger partial charge is 0.328 e. The predicted molar refractivity (Wildman–Crippen MR) is 17.9 cm³/mol. The molecule has 0 unspecified atom stereocenters. The highest BCUT2D eigenvalue weighted by Crippen LogP contribution is 1.71. The zero-order valence-electron chi connectivity index (χ0n) is 2.89. The molecule has 34 valence electrons. The summed E-state index contributed by atoms with van der Waals surface area (Å²) in [5, 5.41) is 7.60. The summed E-state index contributed by atoms with van der Waals surface area (Å²) >= 11 is 0. The van der Waals surface area contributed by atoms with E-state index in [1.807, 2.05) is 0 Å². The van der Waals surface area contributed by atoms with E-state index in [0.29, 0.717) is 12.3 Å². The Kier molecular flexibility index (Phi) is 2.04. The summed E-state index contributed by atoms with van der Waals surface area (Å²) in [5.41, 5.74) is 0. The fourth-order valence-electron chi connectivity index (χ4n) is 0.0586. The number of rotatable bonds is 1. The molecule has 6 heavy (non-hydrogen) atoms. The molecule has 0 heterocycles. The second-order valence-electron chi connectivity index (χ2n) is 0.620. The van der Waals surface area contributed by atoms with Crippen LogP contribution in [0.15, 0.2) is 12.3 Å². The maximum atomic E-state index is 10.8. The summed E-state index contributed by atoms with van der Waals surface area (Å²) in [6.07, 6.45) is 0.766. The maximum Gasteiger partial charge on any atom is 0.328 e. The number of hydrogen-bond acceptors (Lipinski definition) is 2. The fraction of sp³-hybridized carbons (Fsp3) is 0. The number of hydrogen-bond donors (Lipinski definition) is 1. The fourth-order valence-corrected chi connectivity index (χ4v) is 0.0586. The highest BCUT2D eigenvalue weighted by atomic mass is 19.1. The maximum absolute atomic E-state index is 10.8. The number of carbonyl (C=O) groups is 1. The van der Waals surface area contributed by atoms with Crippen LogP contribution in [0.2, 0.25) is 0 Å². The molecule has 0 bridgehead atoms. The standard InChI is InChI=1S/C3H3FO2/c4-3(6)1-2-5/h1-2,5H/b2-1-. The van der Waals surface area contributed by atoms with Gasteiger partial charge in [-0.25, -0.2) is 0 Å². The highest BCUT2D eigenvalue weighted by molar-refractivity contribution is 5.80. The number of carbonyl (C=O) groups excluding carboxylic acids is 1. The van der Waals surface area contributed by atoms with Crippen LogP contribution in [0.25, 0.3) is 0 Å². The highest BCUT2D eigenvalue weighted by Gasteiger charge is 1.81. The lowest BCUT2D eigenvalue weighted by molar-refractivity contribution is -0.124. The van der Waals surface area contributed by atoms with Gasteiger partial charge in [-0.05, 0) is 0 Å². The molecule has 0 amide bonds. The van der Waals surface area contributed by atoms with Crippen molar-refractivity contribution in [1.29, 1.82) is 0 Å². The van der Waals surface area contributed by atoms with Gasteiger partial charge < -0.3 is 5.11 Å². The molecule has 0 atom stereocenters. The van der Waals surface area contributed by atoms with Gasteiger partial charge in [-0.3, -0.25) is 4.79 Å². The average Bonchev–Trinajstić information content (AvgIpc) is 1.35. The molecule has 0 aliphatic heterocycles. The average molecular weight is 90.1 g/mol. The van der Waals surface area contributed by atoms with Crippen LogP contribution in [-0.2, 0) is 4.79 Å². The van der Waals surface area contributed by atoms with E-state index in [1.165, 1.54) is 0 Å². The molecule has 0 rings (SSSR count). The lowest BCUT2D eigenvalue weighted by atomic mass is 10.7. The van der Waals surface area contributed by atoms with Gasteiger partial charge in [0.2, 0.25) is 0 Å². The van der Waals surface area contributed by atoms with E-state index in [4.69, 9.17) is 9.90 Å². The van der Waals surface area contributed by atoms with Gasteiger partial charge in [0.05, 0.1) is 6.26 Å². The van der Waals surface area contributed by atoms with Crippen molar-refractivity contribution >= 4 is 6.04 Å². The molecule has 0 aromatic carbocycles. The van der Waals surface area contributed by atoms with Crippen LogP contribution in [0.4, 0.5) is 4.39 Å². The molecule has 1 N–H and O–H groups in total. The first kappa shape index (κ1) is 5.14. The minimum atomic E-state index is -1.64. The van der Waals surface area contributed by atoms with Crippen molar-refractivity contribution < 1.29 is 14.3 Å². The third kappa shape index (κ3) is 3.14. The van der Waals surface area contributed by atoms with Crippen molar-refractivity contribution in [1.82, 2.24) is 0 Å². The van der Waals surface area contributed by atoms with Gasteiger partial charge in [0.1, 0.15) is 0 Å². The van der Waals surface area contributed by atoms with Crippen LogP contribution >= 0.6 is 0 Å². The Balaban J connectivity index is 3.30. The van der Waals surface area contributed by atoms with Gasteiger partial charge in [0.15, 0.2) is 0 Å². The zero-order valence-corrected chi connectivity index (χ0v) is 2.89. The summed E-state index contributed by atoms with van der Waals surface area (Å²) in [5.74, 6) is 0. The molecular formula is C3H3FO2. The predicted octanol–water partition coefficient (Wildman–Crippen LogP) is 0.554. The Morgan fingerprint density at radius 2 is 2.33 bits per heavy atom. The molecule has 0 aliphatic carbocycles. The van der Waals surface area contributed by atoms with Crippen LogP contribution in [0.3, 0.4) is 0 Å². The molecule has 0 saturated heterocycles. The van der Waals surface area contributed by atoms with E-state index in [2.05, 4.69) is 0 Å². The summed E-state index contributed by atoms with van der Waals surface area (Å²) in [6.45, 7) is 0. The quantitative estimate of drug-likeness (QED) is 0.290. The summed E-state index contributed by atoms with van der Waals surface area (Å²) in [4.78, 5) is 9.13. The van der Waals surface area contributed by atoms with E-state index < -0.39 is 6.04 Å². The SMILES string of the molecule is O=C(F)/C=C\O. The molecular weight excluding hydrogens is 87.0 g/mol. The molecule has 0 aromatic rings. The number of aliphatic hydroxyl groups excluding tert-OH is 1. The molecule has 0 radical (unpaired) electrons. The van der Waals surface area contributed by atoms with Gasteiger partial charge in [0, 0.05) is 6.08 Å². The largest absolute Gasteiger partial charge is 0.515 e. The number of aliphatic hydroxyl groups is 1. The molecule has 0 aliphatic rings. The number of allylic oxidation sites excluding steroid dienone is 1. The van der Waals surface area contributed by atoms with Gasteiger partial charge in [-0.2, -0.15) is 4.39 Å². The zero-order chi connectivity index (χ0) is 4.99. The van der Waals surface area contributed by atoms with E-state index in [1.54, 1.807) is 0 Å². The van der Waals surface area contributed by atoms with Crippen LogP contribution in [0, 0.1) is 0 Å². The lowest BCUT2D eigenvalue weighted by Crippen LogP contribution is -1.74. The first-order valence-corrected chi connectivity index (χ1v) is 1.27. The van der Waals surface area contributed by atoms with Gasteiger partial charge in [-0.1, -0.05) is 0 Å². The molecule has 0 saturated carbocycles. The second-order valence-corrected chi connectivity index (χ2v) is 0.620. The Labute approximate surface area is 33.9 Å². The van der Waals surface area contributed by atoms with E-state index in [0.717, 1.165) is 0 Å². The van der Waals surface area contributed by atoms with Gasteiger partial charge in [-0.15, -0.1) is 0 Å². The lowest BCUT2D eigenvalue weighted by Gasteiger charge is -1.63. The van der Waals surface area contributed by atoms with E-state index >= 15 is 0 Å². The monoisotopic (exact) mass is 90.0 g/mol.